The SMILES string of the molecule is Cc1ccc(Cl)c(NC(=O)c2ccc(N)nc2)c1Cl. The van der Waals surface area contributed by atoms with E-state index < -0.39 is 0 Å². The number of amides is 1. The van der Waals surface area contributed by atoms with Crippen LogP contribution in [0.4, 0.5) is 11.5 Å². The molecule has 2 aromatic rings. The molecule has 0 aliphatic carbocycles. The van der Waals surface area contributed by atoms with Crippen LogP contribution in [-0.2, 0) is 0 Å². The maximum absolute atomic E-state index is 12.0. The zero-order valence-electron chi connectivity index (χ0n) is 10.1. The summed E-state index contributed by atoms with van der Waals surface area (Å²) in [6, 6.07) is 6.59. The molecule has 1 aromatic heterocycles. The standard InChI is InChI=1S/C13H11Cl2N3O/c1-7-2-4-9(14)12(11(7)15)18-13(19)8-3-5-10(16)17-6-8/h2-6H,1H3,(H2,16,17)(H,18,19). The van der Waals surface area contributed by atoms with E-state index in [9.17, 15) is 4.79 Å². The van der Waals surface area contributed by atoms with Gasteiger partial charge in [0.05, 0.1) is 21.3 Å². The van der Waals surface area contributed by atoms with Crippen molar-refractivity contribution in [3.8, 4) is 0 Å². The molecule has 0 saturated carbocycles. The molecule has 0 saturated heterocycles. The summed E-state index contributed by atoms with van der Waals surface area (Å²) >= 11 is 12.1. The summed E-state index contributed by atoms with van der Waals surface area (Å²) in [7, 11) is 0. The maximum atomic E-state index is 12.0. The van der Waals surface area contributed by atoms with Crippen molar-refractivity contribution in [2.24, 2.45) is 0 Å². The van der Waals surface area contributed by atoms with Gasteiger partial charge in [0.25, 0.3) is 5.91 Å². The zero-order chi connectivity index (χ0) is 14.0. The molecule has 0 radical (unpaired) electrons. The fourth-order valence-electron chi connectivity index (χ4n) is 1.50. The molecule has 6 heteroatoms. The molecule has 1 amide bonds. The van der Waals surface area contributed by atoms with Crippen LogP contribution in [0, 0.1) is 6.92 Å². The minimum Gasteiger partial charge on any atom is -0.384 e. The number of anilines is 2. The normalized spacial score (nSPS) is 10.3. The number of benzene rings is 1. The van der Waals surface area contributed by atoms with Crippen LogP contribution in [-0.4, -0.2) is 10.9 Å². The van der Waals surface area contributed by atoms with Crippen molar-refractivity contribution in [1.82, 2.24) is 4.98 Å². The fourth-order valence-corrected chi connectivity index (χ4v) is 1.96. The molecule has 0 aliphatic heterocycles. The minimum atomic E-state index is -0.345. The van der Waals surface area contributed by atoms with Crippen molar-refractivity contribution in [3.63, 3.8) is 0 Å². The van der Waals surface area contributed by atoms with Crippen LogP contribution in [0.25, 0.3) is 0 Å². The van der Waals surface area contributed by atoms with Crippen molar-refractivity contribution >= 4 is 40.6 Å². The summed E-state index contributed by atoms with van der Waals surface area (Å²) in [6.45, 7) is 1.83. The highest BCUT2D eigenvalue weighted by Gasteiger charge is 2.13. The Morgan fingerprint density at radius 2 is 2.00 bits per heavy atom. The van der Waals surface area contributed by atoms with E-state index in [4.69, 9.17) is 28.9 Å². The molecule has 0 fully saturated rings. The molecule has 0 spiro atoms. The average molecular weight is 296 g/mol. The second-order valence-electron chi connectivity index (χ2n) is 3.98. The number of carbonyl (C=O) groups excluding carboxylic acids is 1. The molecule has 2 rings (SSSR count). The molecule has 19 heavy (non-hydrogen) atoms. The van der Waals surface area contributed by atoms with Gasteiger partial charge < -0.3 is 11.1 Å². The van der Waals surface area contributed by atoms with Crippen molar-refractivity contribution in [3.05, 3.63) is 51.6 Å². The quantitative estimate of drug-likeness (QED) is 0.890. The number of pyridine rings is 1. The molecule has 3 N–H and O–H groups in total. The first-order valence-electron chi connectivity index (χ1n) is 5.46. The Labute approximate surface area is 120 Å². The second-order valence-corrected chi connectivity index (χ2v) is 4.76. The van der Waals surface area contributed by atoms with Crippen molar-refractivity contribution in [2.75, 3.05) is 11.1 Å². The minimum absolute atomic E-state index is 0.345. The molecule has 98 valence electrons. The van der Waals surface area contributed by atoms with Gasteiger partial charge in [0.2, 0.25) is 0 Å². The highest BCUT2D eigenvalue weighted by atomic mass is 35.5. The smallest absolute Gasteiger partial charge is 0.257 e. The maximum Gasteiger partial charge on any atom is 0.257 e. The molecule has 4 nitrogen and oxygen atoms in total. The van der Waals surface area contributed by atoms with E-state index >= 15 is 0 Å². The van der Waals surface area contributed by atoms with Gasteiger partial charge in [-0.05, 0) is 30.7 Å². The molecule has 0 aliphatic rings. The molecule has 0 bridgehead atoms. The molecule has 1 heterocycles. The van der Waals surface area contributed by atoms with Gasteiger partial charge in [-0.25, -0.2) is 4.98 Å². The lowest BCUT2D eigenvalue weighted by molar-refractivity contribution is 0.102. The van der Waals surface area contributed by atoms with Gasteiger partial charge in [0.15, 0.2) is 0 Å². The first-order chi connectivity index (χ1) is 8.99. The van der Waals surface area contributed by atoms with Crippen LogP contribution < -0.4 is 11.1 Å². The van der Waals surface area contributed by atoms with Crippen LogP contribution in [0.15, 0.2) is 30.5 Å². The van der Waals surface area contributed by atoms with E-state index in [0.29, 0.717) is 27.1 Å². The highest BCUT2D eigenvalue weighted by Crippen LogP contribution is 2.33. The topological polar surface area (TPSA) is 68.0 Å². The number of aromatic nitrogens is 1. The third-order valence-corrected chi connectivity index (χ3v) is 3.37. The Morgan fingerprint density at radius 1 is 1.26 bits per heavy atom. The Balaban J connectivity index is 2.29. The number of rotatable bonds is 2. The van der Waals surface area contributed by atoms with Gasteiger partial charge in [-0.2, -0.15) is 0 Å². The monoisotopic (exact) mass is 295 g/mol. The summed E-state index contributed by atoms with van der Waals surface area (Å²) in [5, 5.41) is 3.47. The number of hydrogen-bond acceptors (Lipinski definition) is 3. The van der Waals surface area contributed by atoms with Gasteiger partial charge in [-0.1, -0.05) is 29.3 Å². The van der Waals surface area contributed by atoms with Gasteiger partial charge >= 0.3 is 0 Å². The molecule has 1 aromatic carbocycles. The number of nitrogens with two attached hydrogens (primary N) is 1. The van der Waals surface area contributed by atoms with Gasteiger partial charge in [-0.3, -0.25) is 4.79 Å². The number of nitrogen functional groups attached to an aromatic ring is 1. The predicted octanol–water partition coefficient (Wildman–Crippen LogP) is 3.53. The van der Waals surface area contributed by atoms with Crippen molar-refractivity contribution < 1.29 is 4.79 Å². The van der Waals surface area contributed by atoms with E-state index in [1.54, 1.807) is 24.3 Å². The molecule has 0 atom stereocenters. The van der Waals surface area contributed by atoms with Gasteiger partial charge in [0.1, 0.15) is 5.82 Å². The summed E-state index contributed by atoms with van der Waals surface area (Å²) in [6.07, 6.45) is 1.39. The van der Waals surface area contributed by atoms with Crippen LogP contribution in [0.2, 0.25) is 10.0 Å². The van der Waals surface area contributed by atoms with Crippen LogP contribution in [0.5, 0.6) is 0 Å². The third kappa shape index (κ3) is 2.97. The Bertz CT molecular complexity index is 627. The summed E-state index contributed by atoms with van der Waals surface area (Å²) in [4.78, 5) is 15.9. The van der Waals surface area contributed by atoms with Crippen molar-refractivity contribution in [1.29, 1.82) is 0 Å². The van der Waals surface area contributed by atoms with Gasteiger partial charge in [-0.15, -0.1) is 0 Å². The van der Waals surface area contributed by atoms with E-state index in [2.05, 4.69) is 10.3 Å². The fraction of sp³-hybridized carbons (Fsp3) is 0.0769. The summed E-state index contributed by atoms with van der Waals surface area (Å²) in [5.74, 6) is 0.00469. The Hall–Kier alpha value is -1.78. The van der Waals surface area contributed by atoms with Crippen LogP contribution in [0.1, 0.15) is 15.9 Å². The summed E-state index contributed by atoms with van der Waals surface area (Å²) in [5.41, 5.74) is 7.06. The largest absolute Gasteiger partial charge is 0.384 e. The van der Waals surface area contributed by atoms with E-state index in [1.165, 1.54) is 6.20 Å². The number of aryl methyl sites for hydroxylation is 1. The lowest BCUT2D eigenvalue weighted by Gasteiger charge is -2.11. The second kappa shape index (κ2) is 5.47. The first-order valence-corrected chi connectivity index (χ1v) is 6.22. The van der Waals surface area contributed by atoms with E-state index in [-0.39, 0.29) is 5.91 Å². The average Bonchev–Trinajstić information content (AvgIpc) is 2.40. The number of nitrogens with zero attached hydrogens (tertiary/aromatic N) is 1. The first kappa shape index (κ1) is 13.6. The molecular formula is C13H11Cl2N3O. The number of carbonyl (C=O) groups is 1. The van der Waals surface area contributed by atoms with Crippen LogP contribution in [0.3, 0.4) is 0 Å². The van der Waals surface area contributed by atoms with Gasteiger partial charge in [0, 0.05) is 6.20 Å². The lowest BCUT2D eigenvalue weighted by Crippen LogP contribution is -2.13. The Morgan fingerprint density at radius 3 is 2.63 bits per heavy atom. The lowest BCUT2D eigenvalue weighted by atomic mass is 10.2. The number of hydrogen-bond donors (Lipinski definition) is 2. The van der Waals surface area contributed by atoms with E-state index in [1.807, 2.05) is 6.92 Å². The number of nitrogens with one attached hydrogen (secondary N) is 1. The third-order valence-electron chi connectivity index (χ3n) is 2.57. The van der Waals surface area contributed by atoms with Crippen LogP contribution >= 0.6 is 23.2 Å². The van der Waals surface area contributed by atoms with Crippen molar-refractivity contribution in [2.45, 2.75) is 6.92 Å². The highest BCUT2D eigenvalue weighted by molar-refractivity contribution is 6.40. The molecular weight excluding hydrogens is 285 g/mol. The predicted molar refractivity (Wildman–Crippen MR) is 77.8 cm³/mol. The zero-order valence-corrected chi connectivity index (χ0v) is 11.6. The molecule has 0 unspecified atom stereocenters. The Kier molecular flexibility index (Phi) is 3.93. The number of halogens is 2. The van der Waals surface area contributed by atoms with E-state index in [0.717, 1.165) is 5.56 Å². The summed E-state index contributed by atoms with van der Waals surface area (Å²) < 4.78 is 0.